The lowest BCUT2D eigenvalue weighted by molar-refractivity contribution is -0.192. The summed E-state index contributed by atoms with van der Waals surface area (Å²) in [6, 6.07) is 15.5. The third kappa shape index (κ3) is 5.17. The Labute approximate surface area is 189 Å². The number of aromatic nitrogens is 3. The fourth-order valence-corrected chi connectivity index (χ4v) is 3.25. The van der Waals surface area contributed by atoms with Gasteiger partial charge in [-0.3, -0.25) is 4.98 Å². The minimum absolute atomic E-state index is 0.291. The summed E-state index contributed by atoms with van der Waals surface area (Å²) in [5, 5.41) is 7.75. The van der Waals surface area contributed by atoms with Gasteiger partial charge in [0.25, 0.3) is 0 Å². The largest absolute Gasteiger partial charge is 0.490 e. The summed E-state index contributed by atoms with van der Waals surface area (Å²) in [4.78, 5) is 21.0. The number of rotatable bonds is 2. The topological polar surface area (TPSA) is 97.3 Å². The Morgan fingerprint density at radius 1 is 1.06 bits per heavy atom. The molecular weight excluding hydrogens is 463 g/mol. The van der Waals surface area contributed by atoms with Gasteiger partial charge in [0.2, 0.25) is 0 Å². The molecule has 3 heterocycles. The number of carbonyl (C=O) groups is 1. The summed E-state index contributed by atoms with van der Waals surface area (Å²) in [5.41, 5.74) is 4.07. The maximum Gasteiger partial charge on any atom is 0.490 e. The van der Waals surface area contributed by atoms with E-state index in [1.54, 1.807) is 24.5 Å². The Kier molecular flexibility index (Phi) is 6.10. The molecule has 0 aliphatic carbocycles. The Morgan fingerprint density at radius 3 is 2.48 bits per heavy atom. The number of nitrogens with zero attached hydrogens (tertiary/aromatic N) is 2. The summed E-state index contributed by atoms with van der Waals surface area (Å²) in [6.45, 7) is 0.379. The van der Waals surface area contributed by atoms with Crippen LogP contribution in [0.3, 0.4) is 0 Å². The van der Waals surface area contributed by atoms with Crippen molar-refractivity contribution in [2.24, 2.45) is 0 Å². The first kappa shape index (κ1) is 22.4. The lowest BCUT2D eigenvalue weighted by Crippen LogP contribution is -2.22. The van der Waals surface area contributed by atoms with Gasteiger partial charge in [-0.15, -0.1) is 0 Å². The number of carboxylic acid groups (broad SMARTS) is 1. The van der Waals surface area contributed by atoms with Gasteiger partial charge < -0.3 is 19.6 Å². The van der Waals surface area contributed by atoms with E-state index >= 15 is 0 Å². The normalized spacial score (nSPS) is 15.0. The summed E-state index contributed by atoms with van der Waals surface area (Å²) in [7, 11) is 0. The average Bonchev–Trinajstić information content (AvgIpc) is 3.22. The molecule has 170 valence electrons. The van der Waals surface area contributed by atoms with Crippen molar-refractivity contribution in [1.29, 1.82) is 0 Å². The number of hydrogen-bond donors (Lipinski definition) is 2. The van der Waals surface area contributed by atoms with Crippen LogP contribution >= 0.6 is 11.6 Å². The molecular formula is C22H15ClF3N3O4. The van der Waals surface area contributed by atoms with Crippen LogP contribution in [-0.4, -0.2) is 38.8 Å². The van der Waals surface area contributed by atoms with Crippen LogP contribution in [-0.2, 0) is 4.79 Å². The van der Waals surface area contributed by atoms with Crippen LogP contribution in [0.1, 0.15) is 11.9 Å². The molecule has 1 unspecified atom stereocenters. The first-order chi connectivity index (χ1) is 15.7. The molecule has 0 radical (unpaired) electrons. The first-order valence-corrected chi connectivity index (χ1v) is 9.87. The second-order valence-electron chi connectivity index (χ2n) is 6.90. The number of imidazole rings is 1. The summed E-state index contributed by atoms with van der Waals surface area (Å²) in [6.07, 6.45) is -1.80. The van der Waals surface area contributed by atoms with E-state index in [9.17, 15) is 13.2 Å². The van der Waals surface area contributed by atoms with Crippen molar-refractivity contribution >= 4 is 28.6 Å². The van der Waals surface area contributed by atoms with E-state index in [1.165, 1.54) is 0 Å². The van der Waals surface area contributed by atoms with E-state index in [0.717, 1.165) is 28.0 Å². The second-order valence-corrected chi connectivity index (χ2v) is 7.34. The molecule has 4 aromatic rings. The van der Waals surface area contributed by atoms with Crippen LogP contribution in [0, 0.1) is 0 Å². The van der Waals surface area contributed by atoms with E-state index in [0.29, 0.717) is 23.1 Å². The Balaban J connectivity index is 0.000000325. The molecule has 1 aliphatic heterocycles. The molecule has 0 bridgehead atoms. The first-order valence-electron chi connectivity index (χ1n) is 9.50. The zero-order chi connectivity index (χ0) is 23.6. The monoisotopic (exact) mass is 477 g/mol. The lowest BCUT2D eigenvalue weighted by atomic mass is 10.1. The van der Waals surface area contributed by atoms with E-state index in [2.05, 4.69) is 27.1 Å². The Morgan fingerprint density at radius 2 is 1.79 bits per heavy atom. The number of pyridine rings is 1. The van der Waals surface area contributed by atoms with Crippen molar-refractivity contribution in [2.45, 2.75) is 12.3 Å². The van der Waals surface area contributed by atoms with Gasteiger partial charge in [0, 0.05) is 23.5 Å². The molecule has 11 heteroatoms. The van der Waals surface area contributed by atoms with Gasteiger partial charge in [0.1, 0.15) is 6.61 Å². The lowest BCUT2D eigenvalue weighted by Gasteiger charge is -2.25. The number of alkyl halides is 3. The van der Waals surface area contributed by atoms with Crippen molar-refractivity contribution in [3.8, 4) is 22.6 Å². The standard InChI is InChI=1S/C20H14ClN3O2.C2HF3O2/c21-14-2-4-17-18(10-14)25-11-19(26-17)20-23-15-3-1-13(9-16(15)24-20)12-5-7-22-8-6-12;3-2(4,5)1(6)7/h1-10,19H,11H2,(H,23,24);(H,6,7). The number of halogens is 4. The Hall–Kier alpha value is -3.79. The van der Waals surface area contributed by atoms with E-state index in [4.69, 9.17) is 31.0 Å². The van der Waals surface area contributed by atoms with Crippen LogP contribution in [0.5, 0.6) is 11.5 Å². The molecule has 0 saturated carbocycles. The maximum atomic E-state index is 10.6. The predicted molar refractivity (Wildman–Crippen MR) is 113 cm³/mol. The zero-order valence-corrected chi connectivity index (χ0v) is 17.4. The van der Waals surface area contributed by atoms with Crippen molar-refractivity contribution in [3.63, 3.8) is 0 Å². The number of ether oxygens (including phenoxy) is 2. The SMILES string of the molecule is Clc1ccc2c(c1)OCC(c1nc3ccc(-c4ccncc4)cc3[nH]1)O2.O=C(O)C(F)(F)F. The van der Waals surface area contributed by atoms with Crippen LogP contribution in [0.4, 0.5) is 13.2 Å². The minimum atomic E-state index is -5.08. The number of nitrogens with one attached hydrogen (secondary N) is 1. The molecule has 33 heavy (non-hydrogen) atoms. The van der Waals surface area contributed by atoms with Crippen molar-refractivity contribution in [1.82, 2.24) is 15.0 Å². The molecule has 2 N–H and O–H groups in total. The molecule has 5 rings (SSSR count). The smallest absolute Gasteiger partial charge is 0.485 e. The van der Waals surface area contributed by atoms with Crippen LogP contribution in [0.2, 0.25) is 5.02 Å². The molecule has 0 saturated heterocycles. The fourth-order valence-electron chi connectivity index (χ4n) is 3.09. The predicted octanol–water partition coefficient (Wildman–Crippen LogP) is 5.42. The van der Waals surface area contributed by atoms with Gasteiger partial charge in [0.15, 0.2) is 23.4 Å². The van der Waals surface area contributed by atoms with Gasteiger partial charge >= 0.3 is 12.1 Å². The van der Waals surface area contributed by atoms with E-state index in [-0.39, 0.29) is 6.10 Å². The second kappa shape index (κ2) is 8.99. The van der Waals surface area contributed by atoms with Gasteiger partial charge in [-0.05, 0) is 47.5 Å². The fraction of sp³-hybridized carbons (Fsp3) is 0.136. The minimum Gasteiger partial charge on any atom is -0.485 e. The number of benzene rings is 2. The summed E-state index contributed by atoms with van der Waals surface area (Å²) < 4.78 is 43.6. The highest BCUT2D eigenvalue weighted by molar-refractivity contribution is 6.30. The van der Waals surface area contributed by atoms with Crippen LogP contribution in [0.25, 0.3) is 22.2 Å². The molecule has 0 fully saturated rings. The number of carboxylic acids is 1. The van der Waals surface area contributed by atoms with Crippen LogP contribution < -0.4 is 9.47 Å². The number of H-pyrrole nitrogens is 1. The molecule has 2 aromatic heterocycles. The molecule has 0 spiro atoms. The summed E-state index contributed by atoms with van der Waals surface area (Å²) in [5.74, 6) is -0.687. The summed E-state index contributed by atoms with van der Waals surface area (Å²) >= 11 is 5.99. The molecule has 2 aromatic carbocycles. The van der Waals surface area contributed by atoms with Gasteiger partial charge in [0.05, 0.1) is 11.0 Å². The number of aliphatic carboxylic acids is 1. The van der Waals surface area contributed by atoms with E-state index < -0.39 is 12.1 Å². The van der Waals surface area contributed by atoms with Crippen LogP contribution in [0.15, 0.2) is 60.9 Å². The maximum absolute atomic E-state index is 10.6. The number of aromatic amines is 1. The third-order valence-electron chi connectivity index (χ3n) is 4.63. The molecule has 0 amide bonds. The number of fused-ring (bicyclic) bond motifs is 2. The number of hydrogen-bond acceptors (Lipinski definition) is 5. The molecule has 7 nitrogen and oxygen atoms in total. The van der Waals surface area contributed by atoms with Crippen molar-refractivity contribution in [3.05, 3.63) is 71.8 Å². The average molecular weight is 478 g/mol. The van der Waals surface area contributed by atoms with Crippen molar-refractivity contribution < 1.29 is 32.5 Å². The van der Waals surface area contributed by atoms with Gasteiger partial charge in [-0.25, -0.2) is 9.78 Å². The Bertz CT molecular complexity index is 1300. The highest BCUT2D eigenvalue weighted by atomic mass is 35.5. The highest BCUT2D eigenvalue weighted by Crippen LogP contribution is 2.37. The van der Waals surface area contributed by atoms with Gasteiger partial charge in [-0.1, -0.05) is 17.7 Å². The van der Waals surface area contributed by atoms with E-state index in [1.807, 2.05) is 24.3 Å². The quantitative estimate of drug-likeness (QED) is 0.400. The van der Waals surface area contributed by atoms with Crippen molar-refractivity contribution in [2.75, 3.05) is 6.61 Å². The molecule has 1 aliphatic rings. The highest BCUT2D eigenvalue weighted by Gasteiger charge is 2.38. The zero-order valence-electron chi connectivity index (χ0n) is 16.6. The van der Waals surface area contributed by atoms with Gasteiger partial charge in [-0.2, -0.15) is 13.2 Å². The third-order valence-corrected chi connectivity index (χ3v) is 4.86. The molecule has 1 atom stereocenters.